The molecule has 1 aliphatic rings. The van der Waals surface area contributed by atoms with E-state index >= 15 is 0 Å². The summed E-state index contributed by atoms with van der Waals surface area (Å²) in [6.45, 7) is 0.300. The summed E-state index contributed by atoms with van der Waals surface area (Å²) < 4.78 is 5.17. The lowest BCUT2D eigenvalue weighted by molar-refractivity contribution is -0.147. The molecule has 1 aromatic heterocycles. The van der Waals surface area contributed by atoms with Crippen LogP contribution in [-0.4, -0.2) is 33.4 Å². The van der Waals surface area contributed by atoms with Gasteiger partial charge in [-0.1, -0.05) is 35.5 Å². The van der Waals surface area contributed by atoms with Crippen molar-refractivity contribution in [2.75, 3.05) is 6.54 Å². The van der Waals surface area contributed by atoms with Gasteiger partial charge >= 0.3 is 0 Å². The molecule has 0 saturated carbocycles. The maximum Gasteiger partial charge on any atom is 0.229 e. The lowest BCUT2D eigenvalue weighted by Crippen LogP contribution is -2.41. The zero-order valence-electron chi connectivity index (χ0n) is 11.5. The summed E-state index contributed by atoms with van der Waals surface area (Å²) in [5.41, 5.74) is 0.873. The average molecular weight is 285 g/mol. The number of carbonyl (C=O) groups is 2. The molecule has 6 nitrogen and oxygen atoms in total. The highest BCUT2D eigenvalue weighted by Crippen LogP contribution is 2.16. The summed E-state index contributed by atoms with van der Waals surface area (Å²) >= 11 is 0. The van der Waals surface area contributed by atoms with Crippen molar-refractivity contribution < 1.29 is 14.1 Å². The van der Waals surface area contributed by atoms with Gasteiger partial charge in [-0.25, -0.2) is 0 Å². The van der Waals surface area contributed by atoms with Crippen LogP contribution in [-0.2, 0) is 16.0 Å². The lowest BCUT2D eigenvalue weighted by Gasteiger charge is -2.23. The van der Waals surface area contributed by atoms with Gasteiger partial charge in [-0.15, -0.1) is 0 Å². The molecule has 0 N–H and O–H groups in total. The second-order valence-corrected chi connectivity index (χ2v) is 4.92. The molecule has 1 saturated heterocycles. The Morgan fingerprint density at radius 1 is 1.10 bits per heavy atom. The smallest absolute Gasteiger partial charge is 0.229 e. The minimum atomic E-state index is -0.117. The molecule has 2 aromatic rings. The van der Waals surface area contributed by atoms with Crippen LogP contribution < -0.4 is 0 Å². The van der Waals surface area contributed by atoms with Crippen molar-refractivity contribution in [1.29, 1.82) is 0 Å². The van der Waals surface area contributed by atoms with E-state index in [1.54, 1.807) is 0 Å². The molecule has 1 aromatic carbocycles. The highest BCUT2D eigenvalue weighted by atomic mass is 16.5. The predicted molar refractivity (Wildman–Crippen MR) is 74.0 cm³/mol. The number of nitrogens with zero attached hydrogens (tertiary/aromatic N) is 3. The molecule has 0 spiro atoms. The van der Waals surface area contributed by atoms with Crippen molar-refractivity contribution in [1.82, 2.24) is 15.0 Å². The Morgan fingerprint density at radius 2 is 1.81 bits per heavy atom. The maximum absolute atomic E-state index is 11.7. The zero-order chi connectivity index (χ0) is 14.7. The molecule has 108 valence electrons. The average Bonchev–Trinajstić information content (AvgIpc) is 2.97. The summed E-state index contributed by atoms with van der Waals surface area (Å²) in [6.07, 6.45) is 1.90. The molecule has 2 amide bonds. The van der Waals surface area contributed by atoms with Gasteiger partial charge in [0.1, 0.15) is 0 Å². The fourth-order valence-corrected chi connectivity index (χ4v) is 2.32. The molecule has 0 aliphatic carbocycles. The molecule has 2 heterocycles. The van der Waals surface area contributed by atoms with Gasteiger partial charge in [-0.3, -0.25) is 14.5 Å². The Hall–Kier alpha value is -2.50. The van der Waals surface area contributed by atoms with Gasteiger partial charge < -0.3 is 4.52 Å². The number of hydrogen-bond acceptors (Lipinski definition) is 5. The van der Waals surface area contributed by atoms with E-state index in [9.17, 15) is 9.59 Å². The van der Waals surface area contributed by atoms with Crippen molar-refractivity contribution in [2.24, 2.45) is 0 Å². The van der Waals surface area contributed by atoms with E-state index in [2.05, 4.69) is 10.1 Å². The fourth-order valence-electron chi connectivity index (χ4n) is 2.32. The molecular weight excluding hydrogens is 270 g/mol. The molecule has 1 fully saturated rings. The van der Waals surface area contributed by atoms with Crippen LogP contribution in [0.1, 0.15) is 25.2 Å². The van der Waals surface area contributed by atoms with Crippen LogP contribution in [0.15, 0.2) is 34.9 Å². The number of piperidine rings is 1. The van der Waals surface area contributed by atoms with Gasteiger partial charge in [0.05, 0.1) is 0 Å². The quantitative estimate of drug-likeness (QED) is 0.801. The first-order valence-corrected chi connectivity index (χ1v) is 6.95. The molecule has 0 atom stereocenters. The third-order valence-electron chi connectivity index (χ3n) is 3.43. The number of amides is 2. The first-order chi connectivity index (χ1) is 10.2. The van der Waals surface area contributed by atoms with Crippen LogP contribution in [0.5, 0.6) is 0 Å². The van der Waals surface area contributed by atoms with Crippen LogP contribution in [0.3, 0.4) is 0 Å². The molecule has 0 unspecified atom stereocenters. The van der Waals surface area contributed by atoms with E-state index in [-0.39, 0.29) is 11.8 Å². The Bertz CT molecular complexity index is 635. The molecule has 21 heavy (non-hydrogen) atoms. The van der Waals surface area contributed by atoms with E-state index < -0.39 is 0 Å². The monoisotopic (exact) mass is 285 g/mol. The summed E-state index contributed by atoms with van der Waals surface area (Å²) in [4.78, 5) is 29.0. The van der Waals surface area contributed by atoms with E-state index in [1.807, 2.05) is 30.3 Å². The molecule has 0 bridgehead atoms. The third kappa shape index (κ3) is 2.99. The topological polar surface area (TPSA) is 76.3 Å². The van der Waals surface area contributed by atoms with Crippen molar-refractivity contribution in [2.45, 2.75) is 25.7 Å². The van der Waals surface area contributed by atoms with E-state index in [0.29, 0.717) is 43.9 Å². The Balaban J connectivity index is 1.65. The van der Waals surface area contributed by atoms with Gasteiger partial charge in [-0.2, -0.15) is 4.98 Å². The van der Waals surface area contributed by atoms with Gasteiger partial charge in [0, 0.05) is 31.4 Å². The van der Waals surface area contributed by atoms with Gasteiger partial charge in [-0.05, 0) is 6.42 Å². The number of likely N-dealkylation sites (tertiary alicyclic amines) is 1. The normalized spacial score (nSPS) is 15.5. The van der Waals surface area contributed by atoms with E-state index in [4.69, 9.17) is 4.52 Å². The van der Waals surface area contributed by atoms with Crippen LogP contribution in [0.2, 0.25) is 0 Å². The predicted octanol–water partition coefficient (Wildman–Crippen LogP) is 1.82. The third-order valence-corrected chi connectivity index (χ3v) is 3.43. The number of carbonyl (C=O) groups excluding carboxylic acids is 2. The van der Waals surface area contributed by atoms with Crippen LogP contribution >= 0.6 is 0 Å². The minimum absolute atomic E-state index is 0.117. The summed E-state index contributed by atoms with van der Waals surface area (Å²) in [7, 11) is 0. The molecule has 3 rings (SSSR count). The Kier molecular flexibility index (Phi) is 3.77. The summed E-state index contributed by atoms with van der Waals surface area (Å²) in [5, 5.41) is 3.91. The SMILES string of the molecule is O=C1CCCC(=O)N1CCc1nc(-c2ccccc2)no1. The summed E-state index contributed by atoms with van der Waals surface area (Å²) in [6, 6.07) is 9.50. The van der Waals surface area contributed by atoms with E-state index in [0.717, 1.165) is 5.56 Å². The maximum atomic E-state index is 11.7. The van der Waals surface area contributed by atoms with Gasteiger partial charge in [0.15, 0.2) is 0 Å². The second kappa shape index (κ2) is 5.87. The summed E-state index contributed by atoms with van der Waals surface area (Å²) in [5.74, 6) is 0.713. The van der Waals surface area contributed by atoms with Crippen molar-refractivity contribution in [3.63, 3.8) is 0 Å². The molecule has 0 radical (unpaired) electrons. The van der Waals surface area contributed by atoms with Gasteiger partial charge in [0.2, 0.25) is 23.5 Å². The molecule has 6 heteroatoms. The number of benzene rings is 1. The lowest BCUT2D eigenvalue weighted by atomic mass is 10.1. The molecular formula is C15H15N3O3. The first-order valence-electron chi connectivity index (χ1n) is 6.95. The highest BCUT2D eigenvalue weighted by Gasteiger charge is 2.25. The van der Waals surface area contributed by atoms with Crippen molar-refractivity contribution in [3.8, 4) is 11.4 Å². The Labute approximate surface area is 121 Å². The number of hydrogen-bond donors (Lipinski definition) is 0. The van der Waals surface area contributed by atoms with Crippen molar-refractivity contribution in [3.05, 3.63) is 36.2 Å². The van der Waals surface area contributed by atoms with E-state index in [1.165, 1.54) is 4.90 Å². The molecule has 1 aliphatic heterocycles. The number of aromatic nitrogens is 2. The number of rotatable bonds is 4. The first kappa shape index (κ1) is 13.5. The van der Waals surface area contributed by atoms with Crippen LogP contribution in [0.4, 0.5) is 0 Å². The fraction of sp³-hybridized carbons (Fsp3) is 0.333. The standard InChI is InChI=1S/C15H15N3O3/c19-13-7-4-8-14(20)18(13)10-9-12-16-15(17-21-12)11-5-2-1-3-6-11/h1-3,5-6H,4,7-10H2. The highest BCUT2D eigenvalue weighted by molar-refractivity contribution is 5.97. The van der Waals surface area contributed by atoms with Gasteiger partial charge in [0.25, 0.3) is 0 Å². The number of imide groups is 1. The Morgan fingerprint density at radius 3 is 2.52 bits per heavy atom. The van der Waals surface area contributed by atoms with Crippen LogP contribution in [0, 0.1) is 0 Å². The van der Waals surface area contributed by atoms with Crippen LogP contribution in [0.25, 0.3) is 11.4 Å². The second-order valence-electron chi connectivity index (χ2n) is 4.92. The minimum Gasteiger partial charge on any atom is -0.339 e. The zero-order valence-corrected chi connectivity index (χ0v) is 11.5. The van der Waals surface area contributed by atoms with Crippen molar-refractivity contribution >= 4 is 11.8 Å². The largest absolute Gasteiger partial charge is 0.339 e.